The van der Waals surface area contributed by atoms with Crippen LogP contribution in [-0.2, 0) is 5.60 Å². The number of rotatable bonds is 4. The summed E-state index contributed by atoms with van der Waals surface area (Å²) < 4.78 is 0. The van der Waals surface area contributed by atoms with Crippen LogP contribution in [0.1, 0.15) is 19.4 Å². The van der Waals surface area contributed by atoms with Gasteiger partial charge in [0.15, 0.2) is 0 Å². The van der Waals surface area contributed by atoms with Crippen LogP contribution in [0.25, 0.3) is 0 Å². The highest BCUT2D eigenvalue weighted by Gasteiger charge is 2.24. The van der Waals surface area contributed by atoms with Gasteiger partial charge in [-0.1, -0.05) is 13.0 Å². The first-order chi connectivity index (χ1) is 6.58. The van der Waals surface area contributed by atoms with Gasteiger partial charge in [0.25, 0.3) is 0 Å². The van der Waals surface area contributed by atoms with Crippen LogP contribution in [0.15, 0.2) is 18.3 Å². The Labute approximate surface area is 84.2 Å². The van der Waals surface area contributed by atoms with E-state index in [2.05, 4.69) is 10.3 Å². The van der Waals surface area contributed by atoms with Gasteiger partial charge in [-0.2, -0.15) is 0 Å². The molecular weight excluding hydrogens is 178 g/mol. The molecule has 0 aliphatic heterocycles. The fourth-order valence-corrected chi connectivity index (χ4v) is 1.34. The first-order valence-corrected chi connectivity index (χ1v) is 4.72. The highest BCUT2D eigenvalue weighted by molar-refractivity contribution is 5.42. The molecule has 1 rings (SSSR count). The topological polar surface area (TPSA) is 71.2 Å². The first kappa shape index (κ1) is 10.9. The molecule has 1 atom stereocenters. The van der Waals surface area contributed by atoms with Gasteiger partial charge in [-0.05, 0) is 19.5 Å². The van der Waals surface area contributed by atoms with Crippen LogP contribution in [0.3, 0.4) is 0 Å². The monoisotopic (exact) mass is 195 g/mol. The molecule has 4 heteroatoms. The van der Waals surface area contributed by atoms with Gasteiger partial charge < -0.3 is 16.2 Å². The van der Waals surface area contributed by atoms with Crippen molar-refractivity contribution in [2.45, 2.75) is 19.4 Å². The fraction of sp³-hybridized carbons (Fsp3) is 0.500. The van der Waals surface area contributed by atoms with E-state index in [1.807, 2.05) is 6.92 Å². The molecule has 1 aromatic heterocycles. The molecule has 0 aliphatic rings. The Balaban J connectivity index is 2.86. The molecule has 1 heterocycles. The summed E-state index contributed by atoms with van der Waals surface area (Å²) in [5, 5.41) is 13.2. The summed E-state index contributed by atoms with van der Waals surface area (Å²) in [5.41, 5.74) is 5.38. The second-order valence-corrected chi connectivity index (χ2v) is 3.49. The number of aliphatic hydroxyl groups is 1. The number of anilines is 1. The third-order valence-corrected chi connectivity index (χ3v) is 2.14. The summed E-state index contributed by atoms with van der Waals surface area (Å²) in [4.78, 5) is 3.94. The van der Waals surface area contributed by atoms with E-state index in [-0.39, 0.29) is 0 Å². The minimum Gasteiger partial charge on any atom is -0.384 e. The van der Waals surface area contributed by atoms with Crippen LogP contribution >= 0.6 is 0 Å². The van der Waals surface area contributed by atoms with Crippen LogP contribution < -0.4 is 11.1 Å². The van der Waals surface area contributed by atoms with E-state index in [0.29, 0.717) is 17.9 Å². The smallest absolute Gasteiger partial charge is 0.129 e. The van der Waals surface area contributed by atoms with E-state index in [1.165, 1.54) is 0 Å². The number of nitrogen functional groups attached to an aromatic ring is 1. The molecule has 0 amide bonds. The van der Waals surface area contributed by atoms with Gasteiger partial charge in [-0.15, -0.1) is 0 Å². The maximum Gasteiger partial charge on any atom is 0.129 e. The van der Waals surface area contributed by atoms with E-state index in [4.69, 9.17) is 5.73 Å². The quantitative estimate of drug-likeness (QED) is 0.653. The van der Waals surface area contributed by atoms with Gasteiger partial charge in [0.2, 0.25) is 0 Å². The predicted molar refractivity (Wildman–Crippen MR) is 56.8 cm³/mol. The Morgan fingerprint density at radius 3 is 2.93 bits per heavy atom. The van der Waals surface area contributed by atoms with Gasteiger partial charge in [0.05, 0.1) is 0 Å². The molecule has 1 unspecified atom stereocenters. The molecule has 1 aromatic rings. The minimum absolute atomic E-state index is 0.385. The Hall–Kier alpha value is -1.13. The van der Waals surface area contributed by atoms with Crippen LogP contribution in [0, 0.1) is 0 Å². The SMILES string of the molecule is CCNCC(C)(O)c1cccnc1N. The van der Waals surface area contributed by atoms with Crippen LogP contribution in [0.2, 0.25) is 0 Å². The second-order valence-electron chi connectivity index (χ2n) is 3.49. The first-order valence-electron chi connectivity index (χ1n) is 4.72. The minimum atomic E-state index is -0.964. The third-order valence-electron chi connectivity index (χ3n) is 2.14. The average molecular weight is 195 g/mol. The molecule has 4 N–H and O–H groups in total. The molecule has 0 bridgehead atoms. The van der Waals surface area contributed by atoms with Gasteiger partial charge in [-0.3, -0.25) is 0 Å². The van der Waals surface area contributed by atoms with Gasteiger partial charge in [-0.25, -0.2) is 4.98 Å². The molecular formula is C10H17N3O. The number of likely N-dealkylation sites (N-methyl/N-ethyl adjacent to an activating group) is 1. The number of nitrogens with one attached hydrogen (secondary N) is 1. The molecule has 0 saturated heterocycles. The lowest BCUT2D eigenvalue weighted by atomic mass is 9.96. The van der Waals surface area contributed by atoms with Gasteiger partial charge in [0, 0.05) is 18.3 Å². The van der Waals surface area contributed by atoms with Crippen molar-refractivity contribution in [3.63, 3.8) is 0 Å². The summed E-state index contributed by atoms with van der Waals surface area (Å²) >= 11 is 0. The van der Waals surface area contributed by atoms with Crippen molar-refractivity contribution in [2.75, 3.05) is 18.8 Å². The van der Waals surface area contributed by atoms with Crippen LogP contribution in [0.5, 0.6) is 0 Å². The second kappa shape index (κ2) is 4.39. The van der Waals surface area contributed by atoms with Crippen molar-refractivity contribution in [2.24, 2.45) is 0 Å². The zero-order valence-corrected chi connectivity index (χ0v) is 8.62. The molecule has 14 heavy (non-hydrogen) atoms. The van der Waals surface area contributed by atoms with Crippen molar-refractivity contribution >= 4 is 5.82 Å². The lowest BCUT2D eigenvalue weighted by molar-refractivity contribution is 0.0581. The van der Waals surface area contributed by atoms with Crippen molar-refractivity contribution in [3.05, 3.63) is 23.9 Å². The summed E-state index contributed by atoms with van der Waals surface area (Å²) in [6.45, 7) is 5.00. The maximum absolute atomic E-state index is 10.1. The predicted octanol–water partition coefficient (Wildman–Crippen LogP) is 0.481. The molecule has 0 aromatic carbocycles. The molecule has 0 aliphatic carbocycles. The lowest BCUT2D eigenvalue weighted by Crippen LogP contribution is -2.36. The van der Waals surface area contributed by atoms with E-state index in [9.17, 15) is 5.11 Å². The standard InChI is InChI=1S/C10H17N3O/c1-3-12-7-10(2,14)8-5-4-6-13-9(8)11/h4-6,12,14H,3,7H2,1-2H3,(H2,11,13). The molecule has 0 saturated carbocycles. The van der Waals surface area contributed by atoms with Crippen molar-refractivity contribution in [1.29, 1.82) is 0 Å². The number of nitrogens with zero attached hydrogens (tertiary/aromatic N) is 1. The molecule has 0 radical (unpaired) electrons. The number of nitrogens with two attached hydrogens (primary N) is 1. The summed E-state index contributed by atoms with van der Waals surface area (Å²) in [5.74, 6) is 0.385. The number of hydrogen-bond acceptors (Lipinski definition) is 4. The van der Waals surface area contributed by atoms with E-state index in [0.717, 1.165) is 6.54 Å². The van der Waals surface area contributed by atoms with Crippen molar-refractivity contribution < 1.29 is 5.11 Å². The Morgan fingerprint density at radius 2 is 2.36 bits per heavy atom. The lowest BCUT2D eigenvalue weighted by Gasteiger charge is -2.24. The van der Waals surface area contributed by atoms with Gasteiger partial charge in [0.1, 0.15) is 11.4 Å². The molecule has 4 nitrogen and oxygen atoms in total. The summed E-state index contributed by atoms with van der Waals surface area (Å²) in [7, 11) is 0. The van der Waals surface area contributed by atoms with Crippen LogP contribution in [0.4, 0.5) is 5.82 Å². The van der Waals surface area contributed by atoms with Gasteiger partial charge >= 0.3 is 0 Å². The van der Waals surface area contributed by atoms with E-state index >= 15 is 0 Å². The highest BCUT2D eigenvalue weighted by Crippen LogP contribution is 2.23. The number of hydrogen-bond donors (Lipinski definition) is 3. The molecule has 0 fully saturated rings. The third kappa shape index (κ3) is 2.43. The zero-order chi connectivity index (χ0) is 10.6. The van der Waals surface area contributed by atoms with E-state index < -0.39 is 5.60 Å². The van der Waals surface area contributed by atoms with E-state index in [1.54, 1.807) is 25.3 Å². The normalized spacial score (nSPS) is 15.1. The number of pyridine rings is 1. The van der Waals surface area contributed by atoms with Crippen molar-refractivity contribution in [3.8, 4) is 0 Å². The Kier molecular flexibility index (Phi) is 3.43. The largest absolute Gasteiger partial charge is 0.384 e. The average Bonchev–Trinajstić information content (AvgIpc) is 2.15. The molecule has 0 spiro atoms. The number of aromatic nitrogens is 1. The Bertz CT molecular complexity index is 299. The maximum atomic E-state index is 10.1. The zero-order valence-electron chi connectivity index (χ0n) is 8.62. The Morgan fingerprint density at radius 1 is 1.64 bits per heavy atom. The molecule has 78 valence electrons. The highest BCUT2D eigenvalue weighted by atomic mass is 16.3. The fourth-order valence-electron chi connectivity index (χ4n) is 1.34. The summed E-state index contributed by atoms with van der Waals surface area (Å²) in [6, 6.07) is 3.56. The van der Waals surface area contributed by atoms with Crippen LogP contribution in [-0.4, -0.2) is 23.2 Å². The summed E-state index contributed by atoms with van der Waals surface area (Å²) in [6.07, 6.45) is 1.61. The van der Waals surface area contributed by atoms with Crippen molar-refractivity contribution in [1.82, 2.24) is 10.3 Å².